The molecule has 1 aliphatic heterocycles. The van der Waals surface area contributed by atoms with Gasteiger partial charge in [-0.1, -0.05) is 25.1 Å². The van der Waals surface area contributed by atoms with Crippen molar-refractivity contribution in [1.29, 1.82) is 0 Å². The Kier molecular flexibility index (Phi) is 3.90. The van der Waals surface area contributed by atoms with E-state index in [0.717, 1.165) is 38.3 Å². The number of aromatic amines is 1. The van der Waals surface area contributed by atoms with E-state index in [2.05, 4.69) is 44.0 Å². The number of aryl methyl sites for hydroxylation is 1. The molecular weight excluding hydrogens is 264 g/mol. The lowest BCUT2D eigenvalue weighted by atomic mass is 10.2. The predicted octanol–water partition coefficient (Wildman–Crippen LogP) is 1.66. The standard InChI is InChI=1S/C16H20N4O/c1-2-13-12-15(21)18-16(17-13)20-10-8-19(9-11-20)14-6-4-3-5-7-14/h3-7,12H,2,8-11H2,1H3,(H,17,18,21). The summed E-state index contributed by atoms with van der Waals surface area (Å²) in [6.07, 6.45) is 0.779. The lowest BCUT2D eigenvalue weighted by Crippen LogP contribution is -2.47. The molecule has 1 aliphatic rings. The first kappa shape index (κ1) is 13.7. The number of para-hydroxylation sites is 1. The topological polar surface area (TPSA) is 52.2 Å². The highest BCUT2D eigenvalue weighted by Crippen LogP contribution is 2.17. The Balaban J connectivity index is 1.71. The van der Waals surface area contributed by atoms with Gasteiger partial charge >= 0.3 is 0 Å². The minimum absolute atomic E-state index is 0.0673. The Morgan fingerprint density at radius 3 is 2.43 bits per heavy atom. The van der Waals surface area contributed by atoms with Crippen LogP contribution in [0.3, 0.4) is 0 Å². The van der Waals surface area contributed by atoms with Gasteiger partial charge in [-0.25, -0.2) is 4.98 Å². The summed E-state index contributed by atoms with van der Waals surface area (Å²) in [6, 6.07) is 12.0. The molecule has 1 saturated heterocycles. The fraction of sp³-hybridized carbons (Fsp3) is 0.375. The van der Waals surface area contributed by atoms with E-state index in [1.54, 1.807) is 6.07 Å². The minimum Gasteiger partial charge on any atom is -0.368 e. The molecule has 3 rings (SSSR count). The molecule has 0 spiro atoms. The molecule has 0 unspecified atom stereocenters. The van der Waals surface area contributed by atoms with Gasteiger partial charge in [0.25, 0.3) is 5.56 Å². The second-order valence-corrected chi connectivity index (χ2v) is 5.22. The minimum atomic E-state index is -0.0673. The SMILES string of the molecule is CCc1cc(=O)[nH]c(N2CCN(c3ccccc3)CC2)n1. The number of benzene rings is 1. The van der Waals surface area contributed by atoms with Gasteiger partial charge in [0.15, 0.2) is 0 Å². The van der Waals surface area contributed by atoms with Crippen molar-refractivity contribution in [2.75, 3.05) is 36.0 Å². The van der Waals surface area contributed by atoms with Crippen LogP contribution in [0.25, 0.3) is 0 Å². The van der Waals surface area contributed by atoms with E-state index in [1.165, 1.54) is 5.69 Å². The Hall–Kier alpha value is -2.30. The molecule has 0 aliphatic carbocycles. The number of hydrogen-bond acceptors (Lipinski definition) is 4. The number of piperazine rings is 1. The van der Waals surface area contributed by atoms with Gasteiger partial charge < -0.3 is 9.80 Å². The van der Waals surface area contributed by atoms with Crippen molar-refractivity contribution >= 4 is 11.6 Å². The van der Waals surface area contributed by atoms with E-state index in [-0.39, 0.29) is 5.56 Å². The molecule has 0 amide bonds. The van der Waals surface area contributed by atoms with Crippen LogP contribution in [0.5, 0.6) is 0 Å². The Bertz CT molecular complexity index is 645. The van der Waals surface area contributed by atoms with Gasteiger partial charge in [-0.3, -0.25) is 9.78 Å². The van der Waals surface area contributed by atoms with E-state index in [9.17, 15) is 4.79 Å². The first-order chi connectivity index (χ1) is 10.3. The zero-order chi connectivity index (χ0) is 14.7. The van der Waals surface area contributed by atoms with Crippen molar-refractivity contribution in [1.82, 2.24) is 9.97 Å². The number of nitrogens with zero attached hydrogens (tertiary/aromatic N) is 3. The van der Waals surface area contributed by atoms with Crippen LogP contribution in [-0.2, 0) is 6.42 Å². The quantitative estimate of drug-likeness (QED) is 0.931. The highest BCUT2D eigenvalue weighted by molar-refractivity contribution is 5.48. The highest BCUT2D eigenvalue weighted by Gasteiger charge is 2.19. The molecule has 1 fully saturated rings. The summed E-state index contributed by atoms with van der Waals surface area (Å²) in [6.45, 7) is 5.61. The van der Waals surface area contributed by atoms with Crippen LogP contribution in [0.4, 0.5) is 11.6 Å². The molecule has 110 valence electrons. The first-order valence-electron chi connectivity index (χ1n) is 7.41. The van der Waals surface area contributed by atoms with Gasteiger partial charge in [-0.05, 0) is 18.6 Å². The molecule has 21 heavy (non-hydrogen) atoms. The number of H-pyrrole nitrogens is 1. The fourth-order valence-electron chi connectivity index (χ4n) is 2.64. The smallest absolute Gasteiger partial charge is 0.252 e. The normalized spacial score (nSPS) is 15.3. The first-order valence-corrected chi connectivity index (χ1v) is 7.41. The van der Waals surface area contributed by atoms with E-state index < -0.39 is 0 Å². The Morgan fingerprint density at radius 1 is 1.10 bits per heavy atom. The molecule has 2 heterocycles. The van der Waals surface area contributed by atoms with Crippen molar-refractivity contribution < 1.29 is 0 Å². The molecule has 1 aromatic carbocycles. The number of hydrogen-bond donors (Lipinski definition) is 1. The summed E-state index contributed by atoms with van der Waals surface area (Å²) in [5, 5.41) is 0. The van der Waals surface area contributed by atoms with Gasteiger partial charge in [0.05, 0.1) is 0 Å². The van der Waals surface area contributed by atoms with Gasteiger partial charge in [0, 0.05) is 43.6 Å². The van der Waals surface area contributed by atoms with Crippen LogP contribution in [0.1, 0.15) is 12.6 Å². The maximum Gasteiger partial charge on any atom is 0.252 e. The third-order valence-corrected chi connectivity index (χ3v) is 3.85. The summed E-state index contributed by atoms with van der Waals surface area (Å²) in [5.41, 5.74) is 2.03. The summed E-state index contributed by atoms with van der Waals surface area (Å²) in [4.78, 5) is 23.6. The molecule has 0 atom stereocenters. The number of rotatable bonds is 3. The number of aromatic nitrogens is 2. The van der Waals surface area contributed by atoms with Crippen LogP contribution >= 0.6 is 0 Å². The van der Waals surface area contributed by atoms with Crippen LogP contribution in [0.15, 0.2) is 41.2 Å². The maximum absolute atomic E-state index is 11.7. The lowest BCUT2D eigenvalue weighted by Gasteiger charge is -2.36. The summed E-state index contributed by atoms with van der Waals surface area (Å²) in [5.74, 6) is 0.701. The molecule has 0 saturated carbocycles. The van der Waals surface area contributed by atoms with Crippen LogP contribution in [-0.4, -0.2) is 36.1 Å². The monoisotopic (exact) mass is 284 g/mol. The fourth-order valence-corrected chi connectivity index (χ4v) is 2.64. The van der Waals surface area contributed by atoms with E-state index in [4.69, 9.17) is 0 Å². The molecule has 5 nitrogen and oxygen atoms in total. The van der Waals surface area contributed by atoms with Gasteiger partial charge in [-0.15, -0.1) is 0 Å². The highest BCUT2D eigenvalue weighted by atomic mass is 16.1. The van der Waals surface area contributed by atoms with E-state index in [1.807, 2.05) is 13.0 Å². The zero-order valence-electron chi connectivity index (χ0n) is 12.2. The largest absolute Gasteiger partial charge is 0.368 e. The average molecular weight is 284 g/mol. The van der Waals surface area contributed by atoms with Crippen LogP contribution in [0.2, 0.25) is 0 Å². The van der Waals surface area contributed by atoms with Crippen molar-refractivity contribution in [2.45, 2.75) is 13.3 Å². The van der Waals surface area contributed by atoms with E-state index in [0.29, 0.717) is 5.95 Å². The summed E-state index contributed by atoms with van der Waals surface area (Å²) < 4.78 is 0. The van der Waals surface area contributed by atoms with Crippen LogP contribution in [0, 0.1) is 0 Å². The molecule has 5 heteroatoms. The molecule has 1 N–H and O–H groups in total. The molecule has 1 aromatic heterocycles. The summed E-state index contributed by atoms with van der Waals surface area (Å²) >= 11 is 0. The molecule has 0 bridgehead atoms. The van der Waals surface area contributed by atoms with Crippen LogP contribution < -0.4 is 15.4 Å². The Labute approximate surface area is 124 Å². The van der Waals surface area contributed by atoms with Gasteiger partial charge in [0.1, 0.15) is 0 Å². The van der Waals surface area contributed by atoms with Gasteiger partial charge in [-0.2, -0.15) is 0 Å². The second kappa shape index (κ2) is 5.99. The third kappa shape index (κ3) is 3.07. The third-order valence-electron chi connectivity index (χ3n) is 3.85. The molecule has 0 radical (unpaired) electrons. The average Bonchev–Trinajstić information content (AvgIpc) is 2.55. The Morgan fingerprint density at radius 2 is 1.76 bits per heavy atom. The molecule has 2 aromatic rings. The maximum atomic E-state index is 11.7. The van der Waals surface area contributed by atoms with E-state index >= 15 is 0 Å². The van der Waals surface area contributed by atoms with Crippen molar-refractivity contribution in [3.8, 4) is 0 Å². The predicted molar refractivity (Wildman–Crippen MR) is 85.1 cm³/mol. The zero-order valence-corrected chi connectivity index (χ0v) is 12.2. The van der Waals surface area contributed by atoms with Gasteiger partial charge in [0.2, 0.25) is 5.95 Å². The lowest BCUT2D eigenvalue weighted by molar-refractivity contribution is 0.637. The number of nitrogens with one attached hydrogen (secondary N) is 1. The van der Waals surface area contributed by atoms with Crippen molar-refractivity contribution in [3.63, 3.8) is 0 Å². The molecular formula is C16H20N4O. The number of anilines is 2. The van der Waals surface area contributed by atoms with Crippen molar-refractivity contribution in [2.24, 2.45) is 0 Å². The van der Waals surface area contributed by atoms with Crippen molar-refractivity contribution in [3.05, 3.63) is 52.4 Å². The summed E-state index contributed by atoms with van der Waals surface area (Å²) in [7, 11) is 0. The second-order valence-electron chi connectivity index (χ2n) is 5.22.